The third-order valence-electron chi connectivity index (χ3n) is 4.33. The van der Waals surface area contributed by atoms with E-state index in [0.29, 0.717) is 18.2 Å². The summed E-state index contributed by atoms with van der Waals surface area (Å²) >= 11 is 0. The minimum Gasteiger partial charge on any atom is -0.395 e. The van der Waals surface area contributed by atoms with Crippen molar-refractivity contribution in [3.8, 4) is 0 Å². The lowest BCUT2D eigenvalue weighted by molar-refractivity contribution is 0.0952. The second-order valence-corrected chi connectivity index (χ2v) is 6.27. The zero-order valence-corrected chi connectivity index (χ0v) is 14.2. The smallest absolute Gasteiger partial charge is 0.251 e. The third-order valence-corrected chi connectivity index (χ3v) is 4.33. The number of unbranched alkanes of at least 4 members (excludes halogenated alkanes) is 1. The maximum atomic E-state index is 12.1. The van der Waals surface area contributed by atoms with Gasteiger partial charge in [-0.1, -0.05) is 0 Å². The molecular weight excluding hydrogens is 292 g/mol. The van der Waals surface area contributed by atoms with Gasteiger partial charge < -0.3 is 15.3 Å². The molecule has 0 aromatic carbocycles. The molecule has 1 aromatic heterocycles. The maximum Gasteiger partial charge on any atom is 0.251 e. The number of nitrogens with one attached hydrogen (secondary N) is 1. The minimum absolute atomic E-state index is 0.0510. The number of likely N-dealkylation sites (tertiary alicyclic amines) is 1. The molecule has 1 amide bonds. The molecule has 23 heavy (non-hydrogen) atoms. The quantitative estimate of drug-likeness (QED) is 0.703. The first-order chi connectivity index (χ1) is 11.1. The number of amides is 1. The number of hydrogen-bond donors (Lipinski definition) is 2. The van der Waals surface area contributed by atoms with E-state index in [1.54, 1.807) is 18.3 Å². The van der Waals surface area contributed by atoms with Gasteiger partial charge in [0.15, 0.2) is 0 Å². The van der Waals surface area contributed by atoms with Crippen molar-refractivity contribution in [2.45, 2.75) is 31.7 Å². The van der Waals surface area contributed by atoms with Crippen LogP contribution in [0, 0.1) is 0 Å². The molecule has 1 saturated heterocycles. The lowest BCUT2D eigenvalue weighted by Crippen LogP contribution is -2.33. The Labute approximate surface area is 138 Å². The van der Waals surface area contributed by atoms with Crippen LogP contribution in [0.1, 0.15) is 36.0 Å². The second kappa shape index (κ2) is 8.84. The van der Waals surface area contributed by atoms with Gasteiger partial charge in [0.05, 0.1) is 6.61 Å². The van der Waals surface area contributed by atoms with Crippen LogP contribution in [-0.4, -0.2) is 67.3 Å². The summed E-state index contributed by atoms with van der Waals surface area (Å²) in [6, 6.07) is 3.87. The third kappa shape index (κ3) is 5.18. The van der Waals surface area contributed by atoms with Gasteiger partial charge in [-0.2, -0.15) is 0 Å². The van der Waals surface area contributed by atoms with Gasteiger partial charge in [-0.3, -0.25) is 9.69 Å². The summed E-state index contributed by atoms with van der Waals surface area (Å²) in [4.78, 5) is 20.6. The van der Waals surface area contributed by atoms with Crippen LogP contribution in [-0.2, 0) is 0 Å². The predicted octanol–water partition coefficient (Wildman–Crippen LogP) is 1.11. The number of carbonyl (C=O) groups is 1. The van der Waals surface area contributed by atoms with Gasteiger partial charge in [-0.25, -0.2) is 4.98 Å². The summed E-state index contributed by atoms with van der Waals surface area (Å²) in [5, 5.41) is 12.3. The molecule has 2 heterocycles. The number of anilines is 1. The van der Waals surface area contributed by atoms with Crippen LogP contribution < -0.4 is 10.2 Å². The van der Waals surface area contributed by atoms with E-state index in [1.165, 1.54) is 6.42 Å². The Morgan fingerprint density at radius 1 is 1.48 bits per heavy atom. The normalized spacial score (nSPS) is 18.1. The average Bonchev–Trinajstić information content (AvgIpc) is 3.02. The van der Waals surface area contributed by atoms with Crippen molar-refractivity contribution < 1.29 is 9.90 Å². The van der Waals surface area contributed by atoms with Gasteiger partial charge in [0, 0.05) is 38.4 Å². The van der Waals surface area contributed by atoms with Crippen LogP contribution in [0.15, 0.2) is 18.3 Å². The number of aliphatic hydroxyl groups excluding tert-OH is 1. The molecule has 0 spiro atoms. The molecule has 1 aromatic rings. The number of nitrogens with zero attached hydrogens (tertiary/aromatic N) is 3. The van der Waals surface area contributed by atoms with Crippen LogP contribution in [0.4, 0.5) is 5.82 Å². The standard InChI is InChI=1S/C17H28N4O2/c1-20(2)16-12-14(7-9-18-16)17(23)19-8-3-4-10-21-11-5-6-15(21)13-22/h7,9,12,15,22H,3-6,8,10-11,13H2,1-2H3,(H,19,23). The number of hydrogen-bond acceptors (Lipinski definition) is 5. The van der Waals surface area contributed by atoms with Crippen LogP contribution >= 0.6 is 0 Å². The molecule has 6 nitrogen and oxygen atoms in total. The molecule has 0 radical (unpaired) electrons. The number of pyridine rings is 1. The molecule has 1 unspecified atom stereocenters. The fourth-order valence-electron chi connectivity index (χ4n) is 2.94. The van der Waals surface area contributed by atoms with E-state index in [-0.39, 0.29) is 12.5 Å². The SMILES string of the molecule is CN(C)c1cc(C(=O)NCCCCN2CCCC2CO)ccn1. The van der Waals surface area contributed by atoms with E-state index >= 15 is 0 Å². The van der Waals surface area contributed by atoms with Crippen LogP contribution in [0.25, 0.3) is 0 Å². The number of aliphatic hydroxyl groups is 1. The molecule has 128 valence electrons. The molecule has 1 atom stereocenters. The Bertz CT molecular complexity index is 507. The summed E-state index contributed by atoms with van der Waals surface area (Å²) in [6.45, 7) is 3.02. The Morgan fingerprint density at radius 3 is 3.04 bits per heavy atom. The largest absolute Gasteiger partial charge is 0.395 e. The van der Waals surface area contributed by atoms with Crippen molar-refractivity contribution >= 4 is 11.7 Å². The van der Waals surface area contributed by atoms with E-state index in [2.05, 4.69) is 15.2 Å². The highest BCUT2D eigenvalue weighted by atomic mass is 16.3. The topological polar surface area (TPSA) is 68.7 Å². The van der Waals surface area contributed by atoms with Crippen molar-refractivity contribution in [2.75, 3.05) is 45.2 Å². The van der Waals surface area contributed by atoms with E-state index in [0.717, 1.165) is 38.2 Å². The highest BCUT2D eigenvalue weighted by molar-refractivity contribution is 5.94. The molecule has 1 fully saturated rings. The van der Waals surface area contributed by atoms with E-state index in [9.17, 15) is 9.90 Å². The molecule has 1 aliphatic heterocycles. The molecule has 0 bridgehead atoms. The molecule has 0 aliphatic carbocycles. The second-order valence-electron chi connectivity index (χ2n) is 6.27. The fraction of sp³-hybridized carbons (Fsp3) is 0.647. The van der Waals surface area contributed by atoms with E-state index in [1.807, 2.05) is 19.0 Å². The monoisotopic (exact) mass is 320 g/mol. The first-order valence-electron chi connectivity index (χ1n) is 8.38. The van der Waals surface area contributed by atoms with Crippen LogP contribution in [0.2, 0.25) is 0 Å². The minimum atomic E-state index is -0.0510. The maximum absolute atomic E-state index is 12.1. The van der Waals surface area contributed by atoms with Gasteiger partial charge >= 0.3 is 0 Å². The zero-order chi connectivity index (χ0) is 16.7. The Morgan fingerprint density at radius 2 is 2.30 bits per heavy atom. The first kappa shape index (κ1) is 17.7. The van der Waals surface area contributed by atoms with Crippen molar-refractivity contribution in [1.29, 1.82) is 0 Å². The summed E-state index contributed by atoms with van der Waals surface area (Å²) in [5.74, 6) is 0.728. The van der Waals surface area contributed by atoms with Gasteiger partial charge in [0.25, 0.3) is 5.91 Å². The van der Waals surface area contributed by atoms with Crippen LogP contribution in [0.5, 0.6) is 0 Å². The number of carbonyl (C=O) groups excluding carboxylic acids is 1. The number of rotatable bonds is 8. The van der Waals surface area contributed by atoms with Crippen molar-refractivity contribution in [3.63, 3.8) is 0 Å². The van der Waals surface area contributed by atoms with Crippen LogP contribution in [0.3, 0.4) is 0 Å². The molecule has 1 aliphatic rings. The summed E-state index contributed by atoms with van der Waals surface area (Å²) in [5.41, 5.74) is 0.642. The van der Waals surface area contributed by atoms with Gasteiger partial charge in [0.1, 0.15) is 5.82 Å². The molecule has 2 rings (SSSR count). The lowest BCUT2D eigenvalue weighted by Gasteiger charge is -2.22. The predicted molar refractivity (Wildman–Crippen MR) is 91.8 cm³/mol. The number of aromatic nitrogens is 1. The molecular formula is C17H28N4O2. The van der Waals surface area contributed by atoms with Crippen molar-refractivity contribution in [3.05, 3.63) is 23.9 Å². The summed E-state index contributed by atoms with van der Waals surface area (Å²) in [7, 11) is 3.81. The molecule has 2 N–H and O–H groups in total. The summed E-state index contributed by atoms with van der Waals surface area (Å²) < 4.78 is 0. The average molecular weight is 320 g/mol. The zero-order valence-electron chi connectivity index (χ0n) is 14.2. The van der Waals surface area contributed by atoms with E-state index < -0.39 is 0 Å². The summed E-state index contributed by atoms with van der Waals surface area (Å²) in [6.07, 6.45) is 5.93. The highest BCUT2D eigenvalue weighted by Gasteiger charge is 2.22. The Balaban J connectivity index is 1.68. The van der Waals surface area contributed by atoms with Gasteiger partial charge in [-0.15, -0.1) is 0 Å². The van der Waals surface area contributed by atoms with Gasteiger partial charge in [-0.05, 0) is 50.9 Å². The Hall–Kier alpha value is -1.66. The van der Waals surface area contributed by atoms with Crippen molar-refractivity contribution in [1.82, 2.24) is 15.2 Å². The highest BCUT2D eigenvalue weighted by Crippen LogP contribution is 2.16. The fourth-order valence-corrected chi connectivity index (χ4v) is 2.94. The Kier molecular flexibility index (Phi) is 6.80. The molecule has 0 saturated carbocycles. The van der Waals surface area contributed by atoms with Gasteiger partial charge in [0.2, 0.25) is 0 Å². The van der Waals surface area contributed by atoms with E-state index in [4.69, 9.17) is 0 Å². The van der Waals surface area contributed by atoms with Crippen molar-refractivity contribution in [2.24, 2.45) is 0 Å². The molecule has 6 heteroatoms. The first-order valence-corrected chi connectivity index (χ1v) is 8.38. The lowest BCUT2D eigenvalue weighted by atomic mass is 10.2.